The number of ketones is 1. The Morgan fingerprint density at radius 3 is 2.56 bits per heavy atom. The Kier molecular flexibility index (Phi) is 4.39. The molecule has 0 spiro atoms. The summed E-state index contributed by atoms with van der Waals surface area (Å²) in [5, 5.41) is 0. The van der Waals surface area contributed by atoms with Crippen LogP contribution in [0.3, 0.4) is 0 Å². The zero-order valence-electron chi connectivity index (χ0n) is 10.6. The molecule has 2 rings (SSSR count). The zero-order chi connectivity index (χ0) is 11.4. The van der Waals surface area contributed by atoms with Gasteiger partial charge in [0.2, 0.25) is 0 Å². The molecule has 2 heteroatoms. The van der Waals surface area contributed by atoms with E-state index in [1.807, 2.05) is 0 Å². The molecule has 0 aromatic rings. The highest BCUT2D eigenvalue weighted by molar-refractivity contribution is 5.81. The normalized spacial score (nSPS) is 27.9. The molecule has 1 unspecified atom stereocenters. The number of hydrogen-bond acceptors (Lipinski definition) is 2. The van der Waals surface area contributed by atoms with Gasteiger partial charge in [0.05, 0.1) is 0 Å². The Balaban J connectivity index is 1.74. The average Bonchev–Trinajstić information content (AvgIpc) is 2.39. The average molecular weight is 223 g/mol. The number of rotatable bonds is 4. The molecular formula is C14H25NO. The van der Waals surface area contributed by atoms with E-state index in [9.17, 15) is 4.79 Å². The predicted molar refractivity (Wildman–Crippen MR) is 66.4 cm³/mol. The predicted octanol–water partition coefficient (Wildman–Crippen LogP) is 2.87. The van der Waals surface area contributed by atoms with Crippen molar-refractivity contribution in [3.05, 3.63) is 0 Å². The van der Waals surface area contributed by atoms with Gasteiger partial charge in [-0.15, -0.1) is 0 Å². The minimum absolute atomic E-state index is 0.340. The van der Waals surface area contributed by atoms with Crippen molar-refractivity contribution in [2.24, 2.45) is 11.8 Å². The lowest BCUT2D eigenvalue weighted by Crippen LogP contribution is -2.35. The summed E-state index contributed by atoms with van der Waals surface area (Å²) in [6, 6.07) is 0. The third-order valence-corrected chi connectivity index (χ3v) is 4.26. The lowest BCUT2D eigenvalue weighted by molar-refractivity contribution is -0.123. The van der Waals surface area contributed by atoms with Gasteiger partial charge in [0.15, 0.2) is 0 Å². The summed E-state index contributed by atoms with van der Waals surface area (Å²) in [5.74, 6) is 1.79. The highest BCUT2D eigenvalue weighted by atomic mass is 16.1. The molecule has 0 N–H and O–H groups in total. The Hall–Kier alpha value is -0.370. The molecule has 16 heavy (non-hydrogen) atoms. The molecular weight excluding hydrogens is 198 g/mol. The van der Waals surface area contributed by atoms with E-state index >= 15 is 0 Å². The van der Waals surface area contributed by atoms with Gasteiger partial charge < -0.3 is 4.90 Å². The van der Waals surface area contributed by atoms with Crippen LogP contribution < -0.4 is 0 Å². The first-order valence-electron chi connectivity index (χ1n) is 6.97. The molecule has 0 heterocycles. The summed E-state index contributed by atoms with van der Waals surface area (Å²) < 4.78 is 0. The van der Waals surface area contributed by atoms with Crippen LogP contribution in [-0.4, -0.2) is 30.8 Å². The lowest BCUT2D eigenvalue weighted by Gasteiger charge is -2.31. The monoisotopic (exact) mass is 223 g/mol. The van der Waals surface area contributed by atoms with Crippen LogP contribution in [-0.2, 0) is 4.79 Å². The smallest absolute Gasteiger partial charge is 0.137 e. The second-order valence-electron chi connectivity index (χ2n) is 5.78. The van der Waals surface area contributed by atoms with Gasteiger partial charge >= 0.3 is 0 Å². The van der Waals surface area contributed by atoms with Crippen molar-refractivity contribution < 1.29 is 4.79 Å². The third-order valence-electron chi connectivity index (χ3n) is 4.26. The van der Waals surface area contributed by atoms with E-state index in [0.717, 1.165) is 31.7 Å². The van der Waals surface area contributed by atoms with Crippen LogP contribution >= 0.6 is 0 Å². The standard InChI is InChI=1S/C14H25NO/c1-15(10-12-6-5-7-12)11-13-8-3-2-4-9-14(13)16/h12-13H,2-11H2,1H3. The minimum atomic E-state index is 0.340. The van der Waals surface area contributed by atoms with Crippen LogP contribution in [0.15, 0.2) is 0 Å². The van der Waals surface area contributed by atoms with Crippen LogP contribution in [0.2, 0.25) is 0 Å². The van der Waals surface area contributed by atoms with Crippen molar-refractivity contribution in [1.82, 2.24) is 4.90 Å². The maximum Gasteiger partial charge on any atom is 0.137 e. The van der Waals surface area contributed by atoms with Crippen LogP contribution in [0.25, 0.3) is 0 Å². The fourth-order valence-corrected chi connectivity index (χ4v) is 2.99. The van der Waals surface area contributed by atoms with Gasteiger partial charge in [-0.2, -0.15) is 0 Å². The number of carbonyl (C=O) groups is 1. The maximum absolute atomic E-state index is 11.9. The van der Waals surface area contributed by atoms with Crippen LogP contribution in [0.4, 0.5) is 0 Å². The number of nitrogens with zero attached hydrogens (tertiary/aromatic N) is 1. The van der Waals surface area contributed by atoms with Gasteiger partial charge in [-0.1, -0.05) is 19.3 Å². The number of carbonyl (C=O) groups excluding carboxylic acids is 1. The molecule has 0 saturated heterocycles. The van der Waals surface area contributed by atoms with E-state index in [-0.39, 0.29) is 0 Å². The van der Waals surface area contributed by atoms with Gasteiger partial charge in [-0.3, -0.25) is 4.79 Å². The van der Waals surface area contributed by atoms with Gasteiger partial charge in [0, 0.05) is 25.4 Å². The first-order valence-corrected chi connectivity index (χ1v) is 6.97. The fourth-order valence-electron chi connectivity index (χ4n) is 2.99. The SMILES string of the molecule is CN(CC1CCC1)CC1CCCCCC1=O. The number of hydrogen-bond donors (Lipinski definition) is 0. The molecule has 1 atom stereocenters. The summed E-state index contributed by atoms with van der Waals surface area (Å²) in [4.78, 5) is 14.3. The molecule has 2 aliphatic rings. The molecule has 0 radical (unpaired) electrons. The van der Waals surface area contributed by atoms with Crippen molar-refractivity contribution in [1.29, 1.82) is 0 Å². The van der Waals surface area contributed by atoms with E-state index in [2.05, 4.69) is 11.9 Å². The highest BCUT2D eigenvalue weighted by Gasteiger charge is 2.24. The molecule has 2 fully saturated rings. The van der Waals surface area contributed by atoms with Crippen LogP contribution in [0, 0.1) is 11.8 Å². The van der Waals surface area contributed by atoms with Crippen molar-refractivity contribution in [2.45, 2.75) is 51.4 Å². The van der Waals surface area contributed by atoms with Crippen LogP contribution in [0.1, 0.15) is 51.4 Å². The van der Waals surface area contributed by atoms with Gasteiger partial charge in [-0.05, 0) is 38.6 Å². The van der Waals surface area contributed by atoms with Gasteiger partial charge in [0.25, 0.3) is 0 Å². The van der Waals surface area contributed by atoms with E-state index < -0.39 is 0 Å². The summed E-state index contributed by atoms with van der Waals surface area (Å²) in [6.07, 6.45) is 9.84. The maximum atomic E-state index is 11.9. The largest absolute Gasteiger partial charge is 0.305 e. The van der Waals surface area contributed by atoms with E-state index in [1.54, 1.807) is 0 Å². The zero-order valence-corrected chi connectivity index (χ0v) is 10.6. The summed E-state index contributed by atoms with van der Waals surface area (Å²) in [5.41, 5.74) is 0. The van der Waals surface area contributed by atoms with Gasteiger partial charge in [0.1, 0.15) is 5.78 Å². The summed E-state index contributed by atoms with van der Waals surface area (Å²) in [6.45, 7) is 2.22. The Labute approximate surface area is 99.4 Å². The first kappa shape index (κ1) is 12.1. The molecule has 0 aliphatic heterocycles. The Morgan fingerprint density at radius 2 is 1.88 bits per heavy atom. The quantitative estimate of drug-likeness (QED) is 0.683. The highest BCUT2D eigenvalue weighted by Crippen LogP contribution is 2.27. The molecule has 0 aromatic heterocycles. The lowest BCUT2D eigenvalue weighted by atomic mass is 9.85. The molecule has 2 saturated carbocycles. The van der Waals surface area contributed by atoms with Crippen molar-refractivity contribution in [2.75, 3.05) is 20.1 Å². The van der Waals surface area contributed by atoms with Crippen LogP contribution in [0.5, 0.6) is 0 Å². The molecule has 0 amide bonds. The van der Waals surface area contributed by atoms with Gasteiger partial charge in [-0.25, -0.2) is 0 Å². The topological polar surface area (TPSA) is 20.3 Å². The summed E-state index contributed by atoms with van der Waals surface area (Å²) in [7, 11) is 2.19. The molecule has 92 valence electrons. The molecule has 0 aromatic carbocycles. The van der Waals surface area contributed by atoms with E-state index in [1.165, 1.54) is 38.6 Å². The number of Topliss-reactive ketones (excluding diaryl/α,β-unsaturated/α-hetero) is 1. The van der Waals surface area contributed by atoms with Crippen molar-refractivity contribution in [3.63, 3.8) is 0 Å². The van der Waals surface area contributed by atoms with Crippen molar-refractivity contribution in [3.8, 4) is 0 Å². The van der Waals surface area contributed by atoms with E-state index in [0.29, 0.717) is 11.7 Å². The van der Waals surface area contributed by atoms with Crippen molar-refractivity contribution >= 4 is 5.78 Å². The minimum Gasteiger partial charge on any atom is -0.305 e. The summed E-state index contributed by atoms with van der Waals surface area (Å²) >= 11 is 0. The molecule has 2 nitrogen and oxygen atoms in total. The Morgan fingerprint density at radius 1 is 1.06 bits per heavy atom. The Bertz CT molecular complexity index is 235. The second kappa shape index (κ2) is 5.81. The second-order valence-corrected chi connectivity index (χ2v) is 5.78. The molecule has 2 aliphatic carbocycles. The molecule has 0 bridgehead atoms. The third kappa shape index (κ3) is 3.31. The fraction of sp³-hybridized carbons (Fsp3) is 0.929. The first-order chi connectivity index (χ1) is 7.75. The van der Waals surface area contributed by atoms with E-state index in [4.69, 9.17) is 0 Å².